The van der Waals surface area contributed by atoms with Crippen LogP contribution in [0.1, 0.15) is 13.3 Å². The lowest BCUT2D eigenvalue weighted by Crippen LogP contribution is -2.20. The van der Waals surface area contributed by atoms with E-state index in [0.717, 1.165) is 6.42 Å². The summed E-state index contributed by atoms with van der Waals surface area (Å²) in [7, 11) is 0. The fourth-order valence-corrected chi connectivity index (χ4v) is 1.68. The Morgan fingerprint density at radius 1 is 1.58 bits per heavy atom. The van der Waals surface area contributed by atoms with E-state index in [0.29, 0.717) is 41.3 Å². The lowest BCUT2D eigenvalue weighted by Gasteiger charge is -2.12. The van der Waals surface area contributed by atoms with Crippen molar-refractivity contribution in [2.75, 3.05) is 23.8 Å². The van der Waals surface area contributed by atoms with E-state index in [1.807, 2.05) is 0 Å². The van der Waals surface area contributed by atoms with Crippen molar-refractivity contribution in [1.29, 1.82) is 5.41 Å². The van der Waals surface area contributed by atoms with Gasteiger partial charge in [-0.25, -0.2) is 4.98 Å². The molecule has 0 aromatic carbocycles. The second kappa shape index (κ2) is 5.75. The fourth-order valence-electron chi connectivity index (χ4n) is 1.52. The molecule has 19 heavy (non-hydrogen) atoms. The monoisotopic (exact) mass is 282 g/mol. The highest BCUT2D eigenvalue weighted by Crippen LogP contribution is 2.20. The number of nitrogens with one attached hydrogen (secondary N) is 3. The summed E-state index contributed by atoms with van der Waals surface area (Å²) in [6, 6.07) is 0. The number of nitrogens with two attached hydrogens (primary N) is 1. The molecule has 0 atom stereocenters. The van der Waals surface area contributed by atoms with Crippen molar-refractivity contribution in [2.45, 2.75) is 13.3 Å². The molecule has 0 amide bonds. The summed E-state index contributed by atoms with van der Waals surface area (Å²) < 4.78 is 5.31. The minimum absolute atomic E-state index is 0.0259. The largest absolute Gasteiger partial charge is 0.476 e. The molecule has 7 nitrogen and oxygen atoms in total. The van der Waals surface area contributed by atoms with E-state index in [1.165, 1.54) is 6.20 Å². The normalized spacial score (nSPS) is 18.5. The fraction of sp³-hybridized carbons (Fsp3) is 0.364. The van der Waals surface area contributed by atoms with Gasteiger partial charge in [0.25, 0.3) is 0 Å². The molecule has 0 aliphatic carbocycles. The van der Waals surface area contributed by atoms with Crippen molar-refractivity contribution < 1.29 is 4.74 Å². The van der Waals surface area contributed by atoms with Crippen LogP contribution in [0.2, 0.25) is 5.02 Å². The Balaban J connectivity index is 2.37. The first-order valence-corrected chi connectivity index (χ1v) is 6.17. The quantitative estimate of drug-likeness (QED) is 0.575. The second-order valence-corrected chi connectivity index (χ2v) is 4.44. The van der Waals surface area contributed by atoms with Crippen molar-refractivity contribution in [3.63, 3.8) is 0 Å². The number of halogens is 1. The summed E-state index contributed by atoms with van der Waals surface area (Å²) in [6.45, 7) is 2.73. The maximum Gasteiger partial charge on any atom is 0.232 e. The molecule has 1 aromatic rings. The third-order valence-corrected chi connectivity index (χ3v) is 2.74. The van der Waals surface area contributed by atoms with Gasteiger partial charge in [0.1, 0.15) is 10.7 Å². The second-order valence-electron chi connectivity index (χ2n) is 4.03. The van der Waals surface area contributed by atoms with Gasteiger partial charge in [0.15, 0.2) is 5.82 Å². The first-order valence-electron chi connectivity index (χ1n) is 5.79. The average molecular weight is 283 g/mol. The lowest BCUT2D eigenvalue weighted by molar-refractivity contribution is 0.300. The van der Waals surface area contributed by atoms with Gasteiger partial charge in [-0.05, 0) is 13.3 Å². The molecule has 0 saturated carbocycles. The number of aromatic nitrogens is 2. The Morgan fingerprint density at radius 2 is 2.37 bits per heavy atom. The van der Waals surface area contributed by atoms with E-state index in [9.17, 15) is 0 Å². The molecule has 1 aromatic heterocycles. The Morgan fingerprint density at radius 3 is 3.11 bits per heavy atom. The molecule has 0 fully saturated rings. The minimum atomic E-state index is -0.0259. The van der Waals surface area contributed by atoms with Crippen LogP contribution in [-0.2, 0) is 4.74 Å². The third kappa shape index (κ3) is 3.25. The summed E-state index contributed by atoms with van der Waals surface area (Å²) in [4.78, 5) is 8.28. The maximum absolute atomic E-state index is 7.84. The van der Waals surface area contributed by atoms with Crippen LogP contribution in [0.25, 0.3) is 0 Å². The Labute approximate surface area is 115 Å². The summed E-state index contributed by atoms with van der Waals surface area (Å²) in [5.41, 5.74) is 6.52. The molecule has 2 rings (SSSR count). The van der Waals surface area contributed by atoms with Crippen LogP contribution in [-0.4, -0.2) is 29.0 Å². The van der Waals surface area contributed by atoms with Gasteiger partial charge < -0.3 is 21.1 Å². The smallest absolute Gasteiger partial charge is 0.232 e. The highest BCUT2D eigenvalue weighted by molar-refractivity contribution is 6.32. The Kier molecular flexibility index (Phi) is 4.06. The third-order valence-electron chi connectivity index (χ3n) is 2.46. The predicted molar refractivity (Wildman–Crippen MR) is 74.3 cm³/mol. The van der Waals surface area contributed by atoms with Crippen molar-refractivity contribution in [1.82, 2.24) is 9.97 Å². The van der Waals surface area contributed by atoms with Gasteiger partial charge in [0.2, 0.25) is 11.8 Å². The van der Waals surface area contributed by atoms with Crippen LogP contribution < -0.4 is 16.4 Å². The molecule has 2 bridgehead atoms. The van der Waals surface area contributed by atoms with Gasteiger partial charge in [0, 0.05) is 12.2 Å². The predicted octanol–water partition coefficient (Wildman–Crippen LogP) is 1.54. The van der Waals surface area contributed by atoms with Crippen LogP contribution in [0.15, 0.2) is 17.6 Å². The average Bonchev–Trinajstić information content (AvgIpc) is 2.39. The van der Waals surface area contributed by atoms with Crippen molar-refractivity contribution in [3.05, 3.63) is 22.6 Å². The van der Waals surface area contributed by atoms with Crippen LogP contribution in [0.3, 0.4) is 0 Å². The molecule has 2 heterocycles. The molecule has 0 spiro atoms. The number of anilines is 2. The Bertz CT molecular complexity index is 526. The van der Waals surface area contributed by atoms with E-state index in [4.69, 9.17) is 27.5 Å². The highest BCUT2D eigenvalue weighted by Gasteiger charge is 2.14. The lowest BCUT2D eigenvalue weighted by atomic mass is 10.3. The minimum Gasteiger partial charge on any atom is -0.476 e. The SMILES string of the molecule is C/C(N)=C1\Nc2ncc(Cl)c(n2)NCCCOC1=N. The number of rotatable bonds is 0. The van der Waals surface area contributed by atoms with E-state index >= 15 is 0 Å². The molecule has 1 aliphatic rings. The number of fused-ring (bicyclic) bond motifs is 2. The summed E-state index contributed by atoms with van der Waals surface area (Å²) >= 11 is 5.99. The van der Waals surface area contributed by atoms with Gasteiger partial charge in [-0.15, -0.1) is 0 Å². The zero-order valence-electron chi connectivity index (χ0n) is 10.5. The van der Waals surface area contributed by atoms with E-state index in [1.54, 1.807) is 6.92 Å². The van der Waals surface area contributed by atoms with Crippen molar-refractivity contribution >= 4 is 29.3 Å². The zero-order valence-corrected chi connectivity index (χ0v) is 11.2. The summed E-state index contributed by atoms with van der Waals surface area (Å²) in [5, 5.41) is 14.2. The molecule has 5 N–H and O–H groups in total. The number of hydrogen-bond donors (Lipinski definition) is 4. The summed E-state index contributed by atoms with van der Waals surface area (Å²) in [6.07, 6.45) is 2.21. The van der Waals surface area contributed by atoms with E-state index < -0.39 is 0 Å². The molecule has 0 saturated heterocycles. The van der Waals surface area contributed by atoms with Gasteiger partial charge >= 0.3 is 0 Å². The molecule has 1 aliphatic heterocycles. The number of ether oxygens (including phenoxy) is 1. The van der Waals surface area contributed by atoms with Crippen LogP contribution >= 0.6 is 11.6 Å². The molecule has 102 valence electrons. The maximum atomic E-state index is 7.84. The van der Waals surface area contributed by atoms with Crippen LogP contribution in [0.5, 0.6) is 0 Å². The molecular weight excluding hydrogens is 268 g/mol. The van der Waals surface area contributed by atoms with Gasteiger partial charge in [0.05, 0.1) is 12.8 Å². The van der Waals surface area contributed by atoms with E-state index in [2.05, 4.69) is 20.6 Å². The highest BCUT2D eigenvalue weighted by atomic mass is 35.5. The van der Waals surface area contributed by atoms with E-state index in [-0.39, 0.29) is 5.90 Å². The van der Waals surface area contributed by atoms with Crippen LogP contribution in [0, 0.1) is 5.41 Å². The first kappa shape index (κ1) is 13.4. The molecule has 0 radical (unpaired) electrons. The van der Waals surface area contributed by atoms with Gasteiger partial charge in [-0.3, -0.25) is 5.41 Å². The Hall–Kier alpha value is -2.02. The van der Waals surface area contributed by atoms with Gasteiger partial charge in [-0.1, -0.05) is 11.6 Å². The topological polar surface area (TPSA) is 109 Å². The van der Waals surface area contributed by atoms with Gasteiger partial charge in [-0.2, -0.15) is 4.98 Å². The number of nitrogens with zero attached hydrogens (tertiary/aromatic N) is 2. The van der Waals surface area contributed by atoms with Crippen LogP contribution in [0.4, 0.5) is 11.8 Å². The molecular formula is C11H15ClN6O. The first-order chi connectivity index (χ1) is 9.08. The zero-order chi connectivity index (χ0) is 13.8. The van der Waals surface area contributed by atoms with Crippen molar-refractivity contribution in [3.8, 4) is 0 Å². The molecule has 0 unspecified atom stereocenters. The van der Waals surface area contributed by atoms with Crippen molar-refractivity contribution in [2.24, 2.45) is 5.73 Å². The number of hydrogen-bond acceptors (Lipinski definition) is 7. The standard InChI is InChI=1S/C11H15ClN6O/c1-6(13)8-9(14)19-4-2-3-15-10-7(12)5-16-11(17-8)18-10/h5,14H,2-4,13H2,1H3,(H2,15,16,17,18)/b8-6+,14-9?. The summed E-state index contributed by atoms with van der Waals surface area (Å²) in [5.74, 6) is 0.825. The molecule has 8 heteroatoms. The number of allylic oxidation sites excluding steroid dienone is 1.